The summed E-state index contributed by atoms with van der Waals surface area (Å²) in [5.74, 6) is 1.02. The molecule has 1 aromatic carbocycles. The van der Waals surface area contributed by atoms with Crippen LogP contribution in [0.3, 0.4) is 0 Å². The first-order chi connectivity index (χ1) is 8.45. The van der Waals surface area contributed by atoms with Gasteiger partial charge in [0, 0.05) is 25.0 Å². The molecule has 1 aromatic heterocycles. The molecule has 2 aromatic rings. The molecule has 0 aliphatic heterocycles. The lowest BCUT2D eigenvalue weighted by Crippen LogP contribution is -2.16. The van der Waals surface area contributed by atoms with E-state index < -0.39 is 0 Å². The molecule has 0 amide bonds. The van der Waals surface area contributed by atoms with Crippen LogP contribution < -0.4 is 5.32 Å². The van der Waals surface area contributed by atoms with Crippen molar-refractivity contribution < 1.29 is 0 Å². The van der Waals surface area contributed by atoms with Crippen LogP contribution in [-0.2, 0) is 6.54 Å². The normalized spacial score (nSPS) is 10.4. The van der Waals surface area contributed by atoms with Gasteiger partial charge in [-0.25, -0.2) is 9.97 Å². The minimum absolute atomic E-state index is 0.922. The number of aromatic nitrogens is 2. The Hall–Kier alpha value is -1.39. The molecule has 1 N–H and O–H groups in total. The smallest absolute Gasteiger partial charge is 0.116 e. The first kappa shape index (κ1) is 12.1. The zero-order valence-corrected chi connectivity index (χ0v) is 10.4. The van der Waals surface area contributed by atoms with Crippen LogP contribution in [0, 0.1) is 0 Å². The molecule has 88 valence electrons. The lowest BCUT2D eigenvalue weighted by atomic mass is 10.2. The minimum Gasteiger partial charge on any atom is -0.312 e. The van der Waals surface area contributed by atoms with Crippen molar-refractivity contribution in [1.29, 1.82) is 0 Å². The molecule has 0 atom stereocenters. The fourth-order valence-corrected chi connectivity index (χ4v) is 2.15. The highest BCUT2D eigenvalue weighted by molar-refractivity contribution is 7.99. The highest BCUT2D eigenvalue weighted by Gasteiger charge is 1.94. The Morgan fingerprint density at radius 1 is 1.12 bits per heavy atom. The molecule has 0 unspecified atom stereocenters. The molecule has 0 bridgehead atoms. The third-order valence-electron chi connectivity index (χ3n) is 2.26. The van der Waals surface area contributed by atoms with E-state index in [2.05, 4.69) is 39.6 Å². The van der Waals surface area contributed by atoms with Crippen LogP contribution in [0.4, 0.5) is 0 Å². The third-order valence-corrected chi connectivity index (χ3v) is 3.20. The highest BCUT2D eigenvalue weighted by atomic mass is 32.2. The first-order valence-corrected chi connectivity index (χ1v) is 6.57. The summed E-state index contributed by atoms with van der Waals surface area (Å²) in [6, 6.07) is 12.4. The first-order valence-electron chi connectivity index (χ1n) is 5.58. The molecule has 2 rings (SSSR count). The van der Waals surface area contributed by atoms with Crippen LogP contribution in [-0.4, -0.2) is 22.3 Å². The van der Waals surface area contributed by atoms with Gasteiger partial charge in [0.1, 0.15) is 6.33 Å². The average molecular weight is 245 g/mol. The van der Waals surface area contributed by atoms with Gasteiger partial charge in [0.15, 0.2) is 0 Å². The van der Waals surface area contributed by atoms with Crippen molar-refractivity contribution in [3.05, 3.63) is 54.5 Å². The number of thioether (sulfide) groups is 1. The van der Waals surface area contributed by atoms with E-state index >= 15 is 0 Å². The van der Waals surface area contributed by atoms with Crippen molar-refractivity contribution in [2.45, 2.75) is 11.6 Å². The second-order valence-corrected chi connectivity index (χ2v) is 4.67. The van der Waals surface area contributed by atoms with Crippen molar-refractivity contribution in [1.82, 2.24) is 15.3 Å². The number of nitrogens with one attached hydrogen (secondary N) is 1. The Labute approximate surface area is 106 Å². The predicted octanol–water partition coefficient (Wildman–Crippen LogP) is 2.36. The number of nitrogens with zero attached hydrogens (tertiary/aromatic N) is 2. The Morgan fingerprint density at radius 3 is 2.76 bits per heavy atom. The predicted molar refractivity (Wildman–Crippen MR) is 70.9 cm³/mol. The molecule has 0 spiro atoms. The van der Waals surface area contributed by atoms with Gasteiger partial charge >= 0.3 is 0 Å². The van der Waals surface area contributed by atoms with Crippen LogP contribution in [0.25, 0.3) is 0 Å². The molecule has 1 heterocycles. The molecular formula is C13H15N3S. The van der Waals surface area contributed by atoms with Gasteiger partial charge in [-0.05, 0) is 11.6 Å². The van der Waals surface area contributed by atoms with Gasteiger partial charge in [-0.2, -0.15) is 0 Å². The van der Waals surface area contributed by atoms with Gasteiger partial charge in [0.05, 0.1) is 5.03 Å². The zero-order chi connectivity index (χ0) is 11.8. The van der Waals surface area contributed by atoms with Gasteiger partial charge in [-0.3, -0.25) is 0 Å². The Morgan fingerprint density at radius 2 is 2.00 bits per heavy atom. The molecular weight excluding hydrogens is 230 g/mol. The molecule has 0 radical (unpaired) electrons. The molecule has 4 heteroatoms. The largest absolute Gasteiger partial charge is 0.312 e. The summed E-state index contributed by atoms with van der Waals surface area (Å²) in [5, 5.41) is 4.44. The third kappa shape index (κ3) is 4.54. The molecule has 0 aliphatic carbocycles. The molecule has 0 saturated carbocycles. The second-order valence-electron chi connectivity index (χ2n) is 3.56. The van der Waals surface area contributed by atoms with Crippen molar-refractivity contribution >= 4 is 11.8 Å². The summed E-state index contributed by atoms with van der Waals surface area (Å²) in [6.45, 7) is 1.90. The number of benzene rings is 1. The lowest BCUT2D eigenvalue weighted by molar-refractivity contribution is 0.732. The standard InChI is InChI=1S/C13H15N3S/c1-2-4-12(5-3-1)10-14-8-9-17-13-6-7-15-11-16-13/h1-7,11,14H,8-10H2. The van der Waals surface area contributed by atoms with E-state index in [0.717, 1.165) is 23.9 Å². The Balaban J connectivity index is 1.61. The lowest BCUT2D eigenvalue weighted by Gasteiger charge is -2.04. The Bertz CT molecular complexity index is 378. The van der Waals surface area contributed by atoms with Crippen LogP contribution >= 0.6 is 11.8 Å². The van der Waals surface area contributed by atoms with E-state index in [1.807, 2.05) is 12.1 Å². The van der Waals surface area contributed by atoms with Gasteiger partial charge in [-0.15, -0.1) is 11.8 Å². The average Bonchev–Trinajstić information content (AvgIpc) is 2.41. The monoisotopic (exact) mass is 245 g/mol. The quantitative estimate of drug-likeness (QED) is 0.481. The molecule has 17 heavy (non-hydrogen) atoms. The van der Waals surface area contributed by atoms with Crippen molar-refractivity contribution in [3.63, 3.8) is 0 Å². The maximum atomic E-state index is 4.16. The number of hydrogen-bond donors (Lipinski definition) is 1. The van der Waals surface area contributed by atoms with E-state index in [9.17, 15) is 0 Å². The van der Waals surface area contributed by atoms with Crippen molar-refractivity contribution in [3.8, 4) is 0 Å². The minimum atomic E-state index is 0.922. The summed E-state index contributed by atoms with van der Waals surface area (Å²) < 4.78 is 0. The van der Waals surface area contributed by atoms with Gasteiger partial charge in [0.25, 0.3) is 0 Å². The molecule has 0 saturated heterocycles. The summed E-state index contributed by atoms with van der Waals surface area (Å²) in [5.41, 5.74) is 1.32. The van der Waals surface area contributed by atoms with Crippen molar-refractivity contribution in [2.24, 2.45) is 0 Å². The fraction of sp³-hybridized carbons (Fsp3) is 0.231. The van der Waals surface area contributed by atoms with E-state index in [1.165, 1.54) is 5.56 Å². The van der Waals surface area contributed by atoms with Gasteiger partial charge in [-0.1, -0.05) is 30.3 Å². The van der Waals surface area contributed by atoms with E-state index in [4.69, 9.17) is 0 Å². The van der Waals surface area contributed by atoms with Crippen LogP contribution in [0.1, 0.15) is 5.56 Å². The maximum absolute atomic E-state index is 4.16. The second kappa shape index (κ2) is 7.04. The van der Waals surface area contributed by atoms with E-state index in [1.54, 1.807) is 24.3 Å². The summed E-state index contributed by atoms with van der Waals surface area (Å²) in [4.78, 5) is 8.05. The highest BCUT2D eigenvalue weighted by Crippen LogP contribution is 2.11. The summed E-state index contributed by atoms with van der Waals surface area (Å²) in [6.07, 6.45) is 3.35. The van der Waals surface area contributed by atoms with E-state index in [0.29, 0.717) is 0 Å². The Kier molecular flexibility index (Phi) is 5.00. The van der Waals surface area contributed by atoms with Crippen LogP contribution in [0.15, 0.2) is 53.9 Å². The molecule has 0 fully saturated rings. The molecule has 3 nitrogen and oxygen atoms in total. The maximum Gasteiger partial charge on any atom is 0.116 e. The van der Waals surface area contributed by atoms with Gasteiger partial charge < -0.3 is 5.32 Å². The van der Waals surface area contributed by atoms with Crippen molar-refractivity contribution in [2.75, 3.05) is 12.3 Å². The number of hydrogen-bond acceptors (Lipinski definition) is 4. The molecule has 0 aliphatic rings. The van der Waals surface area contributed by atoms with Crippen LogP contribution in [0.2, 0.25) is 0 Å². The van der Waals surface area contributed by atoms with Crippen LogP contribution in [0.5, 0.6) is 0 Å². The fourth-order valence-electron chi connectivity index (χ4n) is 1.42. The topological polar surface area (TPSA) is 37.8 Å². The summed E-state index contributed by atoms with van der Waals surface area (Å²) in [7, 11) is 0. The number of rotatable bonds is 6. The SMILES string of the molecule is c1ccc(CNCCSc2ccncn2)cc1. The summed E-state index contributed by atoms with van der Waals surface area (Å²) >= 11 is 1.74. The van der Waals surface area contributed by atoms with Gasteiger partial charge in [0.2, 0.25) is 0 Å². The zero-order valence-electron chi connectivity index (χ0n) is 9.54. The van der Waals surface area contributed by atoms with E-state index in [-0.39, 0.29) is 0 Å².